The van der Waals surface area contributed by atoms with Gasteiger partial charge in [0, 0.05) is 24.3 Å². The zero-order valence-electron chi connectivity index (χ0n) is 18.4. The molecule has 184 valence electrons. The van der Waals surface area contributed by atoms with Crippen molar-refractivity contribution in [2.75, 3.05) is 6.54 Å². The molecule has 13 heteroatoms. The maximum absolute atomic E-state index is 13.2. The van der Waals surface area contributed by atoms with Gasteiger partial charge in [0.25, 0.3) is 0 Å². The summed E-state index contributed by atoms with van der Waals surface area (Å²) in [6.45, 7) is 1.39. The highest BCUT2D eigenvalue weighted by Crippen LogP contribution is 2.47. The maximum atomic E-state index is 13.2. The van der Waals surface area contributed by atoms with Crippen LogP contribution in [0.3, 0.4) is 0 Å². The number of aromatic nitrogens is 3. The molecule has 2 aromatic rings. The van der Waals surface area contributed by atoms with Crippen LogP contribution in [-0.4, -0.2) is 58.1 Å². The lowest BCUT2D eigenvalue weighted by Crippen LogP contribution is -2.67. The molecule has 2 aliphatic rings. The predicted octanol–water partition coefficient (Wildman–Crippen LogP) is 2.65. The van der Waals surface area contributed by atoms with E-state index in [1.807, 2.05) is 0 Å². The SMILES string of the molecule is C#CC[N+]1(OS(=O)(=O)C(F)(F)F)C(C)CCC2CC(n3nnc4cc(C(N)=O)ccc43)CCC21. The Morgan fingerprint density at radius 3 is 2.71 bits per heavy atom. The quantitative estimate of drug-likeness (QED) is 0.383. The molecule has 34 heavy (non-hydrogen) atoms. The summed E-state index contributed by atoms with van der Waals surface area (Å²) in [5.41, 5.74) is 1.31. The monoisotopic (exact) mass is 500 g/mol. The summed E-state index contributed by atoms with van der Waals surface area (Å²) < 4.78 is 69.6. The summed E-state index contributed by atoms with van der Waals surface area (Å²) in [4.78, 5) is 11.4. The molecule has 5 unspecified atom stereocenters. The van der Waals surface area contributed by atoms with Gasteiger partial charge in [0.1, 0.15) is 17.6 Å². The number of quaternary nitrogens is 1. The number of nitrogens with zero attached hydrogens (tertiary/aromatic N) is 4. The normalized spacial score (nSPS) is 30.0. The number of alkyl halides is 3. The summed E-state index contributed by atoms with van der Waals surface area (Å²) >= 11 is 0. The Balaban J connectivity index is 1.64. The molecular weight excluding hydrogens is 475 g/mol. The van der Waals surface area contributed by atoms with Crippen LogP contribution < -0.4 is 5.73 Å². The predicted molar refractivity (Wildman–Crippen MR) is 115 cm³/mol. The van der Waals surface area contributed by atoms with Crippen LogP contribution in [0.25, 0.3) is 11.0 Å². The van der Waals surface area contributed by atoms with Crippen LogP contribution in [0.1, 0.15) is 55.4 Å². The van der Waals surface area contributed by atoms with E-state index in [0.717, 1.165) is 0 Å². The molecule has 1 aromatic heterocycles. The smallest absolute Gasteiger partial charge is 0.366 e. The molecule has 4 rings (SSSR count). The Morgan fingerprint density at radius 2 is 2.06 bits per heavy atom. The standard InChI is InChI=1S/C21H24F3N5O4S/c1-3-10-29(33-34(31,32)21(22,23)24)13(2)4-5-14-11-16(7-9-19(14)29)28-18-8-6-15(20(25)30)12-17(18)26-27-28/h1,6,8,12-14,16,19H,4-5,7,9-11H2,2H3,(H-,25,30)/p+1. The Bertz CT molecular complexity index is 1260. The Hall–Kier alpha value is -2.69. The van der Waals surface area contributed by atoms with Gasteiger partial charge in [-0.25, -0.2) is 4.68 Å². The zero-order chi connectivity index (χ0) is 24.9. The zero-order valence-corrected chi connectivity index (χ0v) is 19.2. The minimum absolute atomic E-state index is 0.106. The van der Waals surface area contributed by atoms with Crippen molar-refractivity contribution in [2.45, 2.75) is 62.7 Å². The Labute approximate surface area is 194 Å². The number of fused-ring (bicyclic) bond motifs is 2. The third kappa shape index (κ3) is 4.03. The van der Waals surface area contributed by atoms with E-state index >= 15 is 0 Å². The summed E-state index contributed by atoms with van der Waals surface area (Å²) in [6.07, 6.45) is 8.10. The van der Waals surface area contributed by atoms with Gasteiger partial charge in [0.05, 0.1) is 11.6 Å². The fraction of sp³-hybridized carbons (Fsp3) is 0.571. The van der Waals surface area contributed by atoms with Crippen LogP contribution in [0.15, 0.2) is 18.2 Å². The number of rotatable bonds is 5. The molecule has 0 spiro atoms. The molecular formula is C21H25F3N5O4S+. The Morgan fingerprint density at radius 1 is 1.32 bits per heavy atom. The molecule has 9 nitrogen and oxygen atoms in total. The van der Waals surface area contributed by atoms with Crippen molar-refractivity contribution < 1.29 is 35.3 Å². The van der Waals surface area contributed by atoms with Gasteiger partial charge in [-0.15, -0.1) is 16.2 Å². The Kier molecular flexibility index (Phi) is 6.12. The third-order valence-electron chi connectivity index (χ3n) is 7.14. The van der Waals surface area contributed by atoms with Gasteiger partial charge in [-0.3, -0.25) is 4.79 Å². The van der Waals surface area contributed by atoms with Crippen molar-refractivity contribution in [3.05, 3.63) is 23.8 Å². The van der Waals surface area contributed by atoms with Crippen molar-refractivity contribution in [1.82, 2.24) is 15.0 Å². The highest BCUT2D eigenvalue weighted by atomic mass is 32.2. The topological polar surface area (TPSA) is 117 Å². The van der Waals surface area contributed by atoms with Crippen LogP contribution in [0, 0.1) is 18.3 Å². The number of hydroxylamine groups is 3. The lowest BCUT2D eigenvalue weighted by atomic mass is 9.74. The minimum Gasteiger partial charge on any atom is -0.366 e. The van der Waals surface area contributed by atoms with Gasteiger partial charge in [-0.05, 0) is 50.3 Å². The van der Waals surface area contributed by atoms with E-state index in [4.69, 9.17) is 16.4 Å². The number of hydrogen-bond donors (Lipinski definition) is 1. The first-order valence-corrected chi connectivity index (χ1v) is 12.3. The number of halogens is 3. The van der Waals surface area contributed by atoms with Gasteiger partial charge in [0.15, 0.2) is 6.54 Å². The minimum atomic E-state index is -5.85. The number of amides is 1. The molecule has 5 atom stereocenters. The molecule has 2 heterocycles. The fourth-order valence-corrected chi connectivity index (χ4v) is 6.25. The molecule has 0 radical (unpaired) electrons. The average Bonchev–Trinajstić information content (AvgIpc) is 3.18. The summed E-state index contributed by atoms with van der Waals surface area (Å²) in [6, 6.07) is 3.71. The number of terminal acetylenes is 1. The fourth-order valence-electron chi connectivity index (χ4n) is 5.49. The number of piperidine rings is 1. The van der Waals surface area contributed by atoms with Crippen molar-refractivity contribution in [3.63, 3.8) is 0 Å². The molecule has 2 N–H and O–H groups in total. The van der Waals surface area contributed by atoms with Crippen molar-refractivity contribution in [3.8, 4) is 12.3 Å². The van der Waals surface area contributed by atoms with E-state index < -0.39 is 38.3 Å². The number of nitrogens with two attached hydrogens (primary N) is 1. The van der Waals surface area contributed by atoms with Gasteiger partial charge in [-0.2, -0.15) is 21.6 Å². The van der Waals surface area contributed by atoms with Gasteiger partial charge in [-0.1, -0.05) is 9.50 Å². The van der Waals surface area contributed by atoms with E-state index in [-0.39, 0.29) is 18.5 Å². The maximum Gasteiger partial charge on any atom is 0.528 e. The molecule has 1 aliphatic heterocycles. The summed E-state index contributed by atoms with van der Waals surface area (Å²) in [5, 5.41) is 8.37. The number of hydrogen-bond acceptors (Lipinski definition) is 6. The van der Waals surface area contributed by atoms with Crippen molar-refractivity contribution in [2.24, 2.45) is 11.7 Å². The largest absolute Gasteiger partial charge is 0.528 e. The second kappa shape index (κ2) is 8.51. The highest BCUT2D eigenvalue weighted by Gasteiger charge is 2.60. The van der Waals surface area contributed by atoms with E-state index in [1.54, 1.807) is 29.8 Å². The number of benzene rings is 1. The molecule has 1 saturated heterocycles. The van der Waals surface area contributed by atoms with E-state index in [9.17, 15) is 26.4 Å². The van der Waals surface area contributed by atoms with Crippen LogP contribution in [0.4, 0.5) is 13.2 Å². The molecule has 1 amide bonds. The molecule has 1 saturated carbocycles. The van der Waals surface area contributed by atoms with Crippen LogP contribution >= 0.6 is 0 Å². The molecule has 1 aliphatic carbocycles. The molecule has 1 aromatic carbocycles. The first kappa shape index (κ1) is 24.4. The molecule has 2 fully saturated rings. The second-order valence-electron chi connectivity index (χ2n) is 9.01. The van der Waals surface area contributed by atoms with Crippen LogP contribution in [-0.2, 0) is 14.4 Å². The number of likely N-dealkylation sites (tertiary alicyclic amines) is 1. The van der Waals surface area contributed by atoms with Crippen LogP contribution in [0.5, 0.6) is 0 Å². The average molecular weight is 501 g/mol. The summed E-state index contributed by atoms with van der Waals surface area (Å²) in [5.74, 6) is 1.64. The number of carbonyl (C=O) groups excluding carboxylic acids is 1. The van der Waals surface area contributed by atoms with Gasteiger partial charge < -0.3 is 5.73 Å². The highest BCUT2D eigenvalue weighted by molar-refractivity contribution is 7.87. The van der Waals surface area contributed by atoms with Crippen molar-refractivity contribution >= 4 is 27.1 Å². The first-order chi connectivity index (χ1) is 15.9. The van der Waals surface area contributed by atoms with E-state index in [1.165, 1.54) is 0 Å². The first-order valence-electron chi connectivity index (χ1n) is 10.9. The van der Waals surface area contributed by atoms with E-state index in [2.05, 4.69) is 16.2 Å². The van der Waals surface area contributed by atoms with Gasteiger partial charge >= 0.3 is 15.6 Å². The number of primary amides is 1. The third-order valence-corrected chi connectivity index (χ3v) is 8.18. The van der Waals surface area contributed by atoms with Crippen molar-refractivity contribution in [1.29, 1.82) is 0 Å². The van der Waals surface area contributed by atoms with Crippen LogP contribution in [0.2, 0.25) is 0 Å². The van der Waals surface area contributed by atoms with Gasteiger partial charge in [0.2, 0.25) is 5.91 Å². The second-order valence-corrected chi connectivity index (χ2v) is 10.5. The lowest BCUT2D eigenvalue weighted by Gasteiger charge is -2.52. The van der Waals surface area contributed by atoms with E-state index in [0.29, 0.717) is 48.7 Å². The summed E-state index contributed by atoms with van der Waals surface area (Å²) in [7, 11) is -5.85. The molecule has 0 bridgehead atoms. The number of carbonyl (C=O) groups is 1. The lowest BCUT2D eigenvalue weighted by molar-refractivity contribution is -1.12.